The summed E-state index contributed by atoms with van der Waals surface area (Å²) in [6.45, 7) is 5.21. The summed E-state index contributed by atoms with van der Waals surface area (Å²) in [6.07, 6.45) is 5.49. The van der Waals surface area contributed by atoms with Crippen LogP contribution in [0.3, 0.4) is 0 Å². The van der Waals surface area contributed by atoms with E-state index in [1.165, 1.54) is 5.57 Å². The van der Waals surface area contributed by atoms with Crippen molar-refractivity contribution in [3.63, 3.8) is 0 Å². The minimum absolute atomic E-state index is 0.0225. The van der Waals surface area contributed by atoms with Crippen molar-refractivity contribution >= 4 is 6.09 Å². The topological polar surface area (TPSA) is 38.8 Å². The summed E-state index contributed by atoms with van der Waals surface area (Å²) < 4.78 is 11.1. The molecule has 0 aromatic heterocycles. The van der Waals surface area contributed by atoms with Crippen LogP contribution in [0.1, 0.15) is 18.4 Å². The van der Waals surface area contributed by atoms with Gasteiger partial charge in [-0.3, -0.25) is 4.90 Å². The lowest BCUT2D eigenvalue weighted by atomic mass is 9.93. The van der Waals surface area contributed by atoms with Gasteiger partial charge in [-0.05, 0) is 18.4 Å². The maximum atomic E-state index is 12.4. The van der Waals surface area contributed by atoms with Crippen LogP contribution in [0.15, 0.2) is 54.6 Å². The summed E-state index contributed by atoms with van der Waals surface area (Å²) in [5, 5.41) is 0. The molecule has 1 fully saturated rings. The number of hydrogen-bond acceptors (Lipinski definition) is 3. The first kappa shape index (κ1) is 14.9. The van der Waals surface area contributed by atoms with Crippen LogP contribution in [0.5, 0.6) is 0 Å². The molecular weight excluding hydrogens is 278 g/mol. The van der Waals surface area contributed by atoms with Crippen LogP contribution in [-0.2, 0) is 16.1 Å². The molecule has 4 heteroatoms. The van der Waals surface area contributed by atoms with E-state index in [-0.39, 0.29) is 18.2 Å². The third-order valence-corrected chi connectivity index (χ3v) is 4.10. The van der Waals surface area contributed by atoms with Crippen molar-refractivity contribution in [2.75, 3.05) is 13.2 Å². The summed E-state index contributed by atoms with van der Waals surface area (Å²) in [6, 6.07) is 9.79. The minimum atomic E-state index is -0.254. The number of allylic oxidation sites excluding steroid dienone is 1. The summed E-state index contributed by atoms with van der Waals surface area (Å²) in [5.41, 5.74) is 2.33. The first-order valence-corrected chi connectivity index (χ1v) is 7.65. The number of ether oxygens (including phenoxy) is 2. The van der Waals surface area contributed by atoms with Gasteiger partial charge in [-0.1, -0.05) is 48.1 Å². The number of fused-ring (bicyclic) bond motifs is 2. The van der Waals surface area contributed by atoms with Crippen LogP contribution in [-0.4, -0.2) is 36.3 Å². The lowest BCUT2D eigenvalue weighted by Gasteiger charge is -2.43. The predicted molar refractivity (Wildman–Crippen MR) is 84.4 cm³/mol. The number of carbonyl (C=O) groups is 1. The van der Waals surface area contributed by atoms with Crippen LogP contribution >= 0.6 is 0 Å². The number of morpholine rings is 1. The van der Waals surface area contributed by atoms with Gasteiger partial charge in [0.05, 0.1) is 25.3 Å². The number of nitrogens with zero attached hydrogens (tertiary/aromatic N) is 1. The van der Waals surface area contributed by atoms with Gasteiger partial charge in [-0.15, -0.1) is 6.58 Å². The van der Waals surface area contributed by atoms with Crippen LogP contribution in [0.2, 0.25) is 0 Å². The largest absolute Gasteiger partial charge is 0.445 e. The van der Waals surface area contributed by atoms with Gasteiger partial charge in [0.2, 0.25) is 0 Å². The normalized spacial score (nSPS) is 23.6. The first-order chi connectivity index (χ1) is 10.8. The molecule has 0 saturated carbocycles. The zero-order valence-corrected chi connectivity index (χ0v) is 12.6. The van der Waals surface area contributed by atoms with Crippen molar-refractivity contribution in [1.82, 2.24) is 4.90 Å². The van der Waals surface area contributed by atoms with Crippen LogP contribution < -0.4 is 0 Å². The SMILES string of the molecule is C=CCC1=CC2COCC(C1)N2C(=O)OCc1ccccc1. The number of rotatable bonds is 4. The molecule has 1 aromatic carbocycles. The Morgan fingerprint density at radius 1 is 1.36 bits per heavy atom. The third-order valence-electron chi connectivity index (χ3n) is 4.10. The molecule has 22 heavy (non-hydrogen) atoms. The number of benzene rings is 1. The fourth-order valence-electron chi connectivity index (χ4n) is 3.10. The highest BCUT2D eigenvalue weighted by molar-refractivity contribution is 5.69. The second kappa shape index (κ2) is 6.79. The second-order valence-electron chi connectivity index (χ2n) is 5.73. The summed E-state index contributed by atoms with van der Waals surface area (Å²) in [5.74, 6) is 0. The Bertz CT molecular complexity index is 567. The molecule has 2 bridgehead atoms. The van der Waals surface area contributed by atoms with Crippen molar-refractivity contribution in [2.24, 2.45) is 0 Å². The van der Waals surface area contributed by atoms with E-state index in [9.17, 15) is 4.79 Å². The van der Waals surface area contributed by atoms with Crippen LogP contribution in [0.4, 0.5) is 4.79 Å². The van der Waals surface area contributed by atoms with E-state index < -0.39 is 0 Å². The Hall–Kier alpha value is -2.07. The molecule has 2 aliphatic rings. The van der Waals surface area contributed by atoms with E-state index in [0.29, 0.717) is 19.8 Å². The molecule has 2 heterocycles. The highest BCUT2D eigenvalue weighted by Crippen LogP contribution is 2.29. The van der Waals surface area contributed by atoms with E-state index in [0.717, 1.165) is 18.4 Å². The highest BCUT2D eigenvalue weighted by atomic mass is 16.6. The molecule has 2 aliphatic heterocycles. The average molecular weight is 299 g/mol. The van der Waals surface area contributed by atoms with Crippen molar-refractivity contribution < 1.29 is 14.3 Å². The van der Waals surface area contributed by atoms with Crippen molar-refractivity contribution in [3.8, 4) is 0 Å². The molecule has 116 valence electrons. The number of carbonyl (C=O) groups excluding carboxylic acids is 1. The zero-order chi connectivity index (χ0) is 15.4. The second-order valence-corrected chi connectivity index (χ2v) is 5.73. The van der Waals surface area contributed by atoms with Gasteiger partial charge >= 0.3 is 6.09 Å². The predicted octanol–water partition coefficient (Wildman–Crippen LogP) is 3.30. The van der Waals surface area contributed by atoms with Gasteiger partial charge in [0, 0.05) is 0 Å². The Balaban J connectivity index is 1.66. The van der Waals surface area contributed by atoms with E-state index in [1.807, 2.05) is 41.3 Å². The van der Waals surface area contributed by atoms with Gasteiger partial charge < -0.3 is 9.47 Å². The summed E-state index contributed by atoms with van der Waals surface area (Å²) in [4.78, 5) is 14.3. The molecule has 4 nitrogen and oxygen atoms in total. The molecule has 0 spiro atoms. The van der Waals surface area contributed by atoms with Crippen molar-refractivity contribution in [1.29, 1.82) is 0 Å². The third kappa shape index (κ3) is 3.22. The quantitative estimate of drug-likeness (QED) is 0.801. The van der Waals surface area contributed by atoms with E-state index in [4.69, 9.17) is 9.47 Å². The minimum Gasteiger partial charge on any atom is -0.445 e. The van der Waals surface area contributed by atoms with Crippen molar-refractivity contribution in [2.45, 2.75) is 31.5 Å². The molecule has 0 radical (unpaired) electrons. The van der Waals surface area contributed by atoms with Gasteiger partial charge in [-0.25, -0.2) is 4.79 Å². The molecule has 0 aliphatic carbocycles. The molecule has 2 unspecified atom stereocenters. The smallest absolute Gasteiger partial charge is 0.411 e. The van der Waals surface area contributed by atoms with Crippen LogP contribution in [0, 0.1) is 0 Å². The maximum absolute atomic E-state index is 12.4. The lowest BCUT2D eigenvalue weighted by molar-refractivity contribution is -0.0373. The number of amides is 1. The molecule has 0 N–H and O–H groups in total. The first-order valence-electron chi connectivity index (χ1n) is 7.65. The van der Waals surface area contributed by atoms with Gasteiger partial charge in [0.15, 0.2) is 0 Å². The monoisotopic (exact) mass is 299 g/mol. The Morgan fingerprint density at radius 3 is 2.91 bits per heavy atom. The van der Waals surface area contributed by atoms with Crippen molar-refractivity contribution in [3.05, 3.63) is 60.2 Å². The zero-order valence-electron chi connectivity index (χ0n) is 12.6. The maximum Gasteiger partial charge on any atom is 0.411 e. The molecule has 1 aromatic rings. The van der Waals surface area contributed by atoms with Gasteiger partial charge in [-0.2, -0.15) is 0 Å². The Labute approximate surface area is 131 Å². The Kier molecular flexibility index (Phi) is 4.59. The van der Waals surface area contributed by atoms with E-state index in [1.54, 1.807) is 0 Å². The average Bonchev–Trinajstić information content (AvgIpc) is 2.53. The van der Waals surface area contributed by atoms with E-state index >= 15 is 0 Å². The lowest BCUT2D eigenvalue weighted by Crippen LogP contribution is -2.56. The highest BCUT2D eigenvalue weighted by Gasteiger charge is 2.38. The molecule has 2 atom stereocenters. The van der Waals surface area contributed by atoms with Crippen LogP contribution in [0.25, 0.3) is 0 Å². The summed E-state index contributed by atoms with van der Waals surface area (Å²) in [7, 11) is 0. The van der Waals surface area contributed by atoms with E-state index in [2.05, 4.69) is 12.7 Å². The van der Waals surface area contributed by atoms with Gasteiger partial charge in [0.1, 0.15) is 6.61 Å². The fourth-order valence-corrected chi connectivity index (χ4v) is 3.10. The molecule has 1 amide bonds. The standard InChI is InChI=1S/C18H21NO3/c1-2-6-15-9-16-12-21-13-17(10-15)19(16)18(20)22-11-14-7-4-3-5-8-14/h2-5,7-9,16-17H,1,6,10-13H2. The van der Waals surface area contributed by atoms with Gasteiger partial charge in [0.25, 0.3) is 0 Å². The summed E-state index contributed by atoms with van der Waals surface area (Å²) >= 11 is 0. The number of hydrogen-bond donors (Lipinski definition) is 0. The fraction of sp³-hybridized carbons (Fsp3) is 0.389. The molecular formula is C18H21NO3. The molecule has 1 saturated heterocycles. The molecule has 3 rings (SSSR count). The Morgan fingerprint density at radius 2 is 2.18 bits per heavy atom.